The van der Waals surface area contributed by atoms with E-state index in [9.17, 15) is 5.11 Å². The fourth-order valence-electron chi connectivity index (χ4n) is 4.12. The molecule has 1 heterocycles. The van der Waals surface area contributed by atoms with Crippen LogP contribution in [0.4, 0.5) is 0 Å². The van der Waals surface area contributed by atoms with Crippen molar-refractivity contribution >= 4 is 0 Å². The Bertz CT molecular complexity index is 253. The van der Waals surface area contributed by atoms with Crippen molar-refractivity contribution in [3.63, 3.8) is 0 Å². The Labute approximate surface area is 113 Å². The van der Waals surface area contributed by atoms with Crippen molar-refractivity contribution in [1.29, 1.82) is 0 Å². The van der Waals surface area contributed by atoms with Gasteiger partial charge in [0.25, 0.3) is 0 Å². The molecule has 1 aliphatic carbocycles. The summed E-state index contributed by atoms with van der Waals surface area (Å²) in [6.45, 7) is 9.83. The smallest absolute Gasteiger partial charge is 0.0446 e. The molecule has 0 aromatic heterocycles. The molecule has 106 valence electrons. The van der Waals surface area contributed by atoms with E-state index in [1.54, 1.807) is 0 Å². The molecular weight excluding hydrogens is 222 g/mol. The van der Waals surface area contributed by atoms with Crippen LogP contribution in [0.3, 0.4) is 0 Å². The van der Waals surface area contributed by atoms with Crippen molar-refractivity contribution in [3.05, 3.63) is 0 Å². The first-order chi connectivity index (χ1) is 8.47. The minimum Gasteiger partial charge on any atom is -0.396 e. The minimum absolute atomic E-state index is 0.287. The highest BCUT2D eigenvalue weighted by Crippen LogP contribution is 2.45. The maximum Gasteiger partial charge on any atom is 0.0446 e. The van der Waals surface area contributed by atoms with E-state index in [-0.39, 0.29) is 5.41 Å². The zero-order chi connectivity index (χ0) is 13.2. The van der Waals surface area contributed by atoms with Crippen molar-refractivity contribution in [3.8, 4) is 0 Å². The summed E-state index contributed by atoms with van der Waals surface area (Å²) in [5.74, 6) is 0. The zero-order valence-corrected chi connectivity index (χ0v) is 12.5. The van der Waals surface area contributed by atoms with Gasteiger partial charge in [-0.3, -0.25) is 4.90 Å². The van der Waals surface area contributed by atoms with E-state index in [1.807, 2.05) is 0 Å². The van der Waals surface area contributed by atoms with Gasteiger partial charge in [0.2, 0.25) is 0 Å². The van der Waals surface area contributed by atoms with Gasteiger partial charge >= 0.3 is 0 Å². The quantitative estimate of drug-likeness (QED) is 0.833. The number of rotatable bonds is 3. The summed E-state index contributed by atoms with van der Waals surface area (Å²) in [5.41, 5.74) is 0.935. The van der Waals surface area contributed by atoms with E-state index in [1.165, 1.54) is 51.6 Å². The topological polar surface area (TPSA) is 23.5 Å². The van der Waals surface area contributed by atoms with Gasteiger partial charge in [-0.25, -0.2) is 0 Å². The van der Waals surface area contributed by atoms with Crippen molar-refractivity contribution in [2.24, 2.45) is 10.8 Å². The van der Waals surface area contributed by atoms with Crippen LogP contribution in [-0.4, -0.2) is 35.7 Å². The highest BCUT2D eigenvalue weighted by molar-refractivity contribution is 5.00. The Morgan fingerprint density at radius 3 is 2.06 bits per heavy atom. The largest absolute Gasteiger partial charge is 0.396 e. The summed E-state index contributed by atoms with van der Waals surface area (Å²) >= 11 is 0. The Balaban J connectivity index is 1.92. The Hall–Kier alpha value is -0.0800. The lowest BCUT2D eigenvalue weighted by molar-refractivity contribution is -0.0763. The average molecular weight is 253 g/mol. The highest BCUT2D eigenvalue weighted by atomic mass is 16.3. The highest BCUT2D eigenvalue weighted by Gasteiger charge is 2.46. The molecule has 1 unspecified atom stereocenters. The molecule has 2 nitrogen and oxygen atoms in total. The molecular formula is C16H31NO. The van der Waals surface area contributed by atoms with Crippen LogP contribution in [-0.2, 0) is 0 Å². The SMILES string of the molecule is CC(C)(C)C(CCO)N1CC2(CCCCCC2)C1. The molecule has 0 aromatic rings. The third-order valence-electron chi connectivity index (χ3n) is 5.08. The lowest BCUT2D eigenvalue weighted by Crippen LogP contribution is -2.62. The van der Waals surface area contributed by atoms with E-state index in [0.717, 1.165) is 6.42 Å². The monoisotopic (exact) mass is 253 g/mol. The number of nitrogens with zero attached hydrogens (tertiary/aromatic N) is 1. The first kappa shape index (κ1) is 14.3. The van der Waals surface area contributed by atoms with E-state index < -0.39 is 0 Å². The van der Waals surface area contributed by atoms with E-state index in [4.69, 9.17) is 0 Å². The molecule has 0 radical (unpaired) electrons. The molecule has 2 heteroatoms. The van der Waals surface area contributed by atoms with Gasteiger partial charge in [-0.2, -0.15) is 0 Å². The zero-order valence-electron chi connectivity index (χ0n) is 12.5. The van der Waals surface area contributed by atoms with Gasteiger partial charge in [0, 0.05) is 25.7 Å². The molecule has 0 amide bonds. The van der Waals surface area contributed by atoms with Crippen molar-refractivity contribution in [2.75, 3.05) is 19.7 Å². The van der Waals surface area contributed by atoms with Crippen LogP contribution < -0.4 is 0 Å². The van der Waals surface area contributed by atoms with Crippen molar-refractivity contribution in [2.45, 2.75) is 71.8 Å². The van der Waals surface area contributed by atoms with Crippen molar-refractivity contribution < 1.29 is 5.11 Å². The van der Waals surface area contributed by atoms with Gasteiger partial charge in [-0.1, -0.05) is 46.5 Å². The fraction of sp³-hybridized carbons (Fsp3) is 1.00. The first-order valence-corrected chi connectivity index (χ1v) is 7.82. The van der Waals surface area contributed by atoms with Crippen LogP contribution in [0.25, 0.3) is 0 Å². The molecule has 18 heavy (non-hydrogen) atoms. The second kappa shape index (κ2) is 5.50. The van der Waals surface area contributed by atoms with Gasteiger partial charge in [-0.05, 0) is 30.1 Å². The standard InChI is InChI=1S/C16H31NO/c1-15(2,3)14(8-11-18)17-12-16(13-17)9-6-4-5-7-10-16/h14,18H,4-13H2,1-3H3. The maximum absolute atomic E-state index is 9.29. The molecule has 1 spiro atoms. The van der Waals surface area contributed by atoms with Gasteiger partial charge in [0.05, 0.1) is 0 Å². The number of hydrogen-bond acceptors (Lipinski definition) is 2. The van der Waals surface area contributed by atoms with E-state index >= 15 is 0 Å². The van der Waals surface area contributed by atoms with Crippen LogP contribution >= 0.6 is 0 Å². The normalized spacial score (nSPS) is 26.7. The van der Waals surface area contributed by atoms with Gasteiger partial charge in [0.1, 0.15) is 0 Å². The Morgan fingerprint density at radius 2 is 1.61 bits per heavy atom. The second-order valence-corrected chi connectivity index (χ2v) is 7.71. The Morgan fingerprint density at radius 1 is 1.06 bits per heavy atom. The fourth-order valence-corrected chi connectivity index (χ4v) is 4.12. The van der Waals surface area contributed by atoms with Crippen molar-refractivity contribution in [1.82, 2.24) is 4.90 Å². The van der Waals surface area contributed by atoms with Crippen LogP contribution in [0.2, 0.25) is 0 Å². The third-order valence-corrected chi connectivity index (χ3v) is 5.08. The molecule has 0 aromatic carbocycles. The van der Waals surface area contributed by atoms with E-state index in [0.29, 0.717) is 18.1 Å². The summed E-state index contributed by atoms with van der Waals surface area (Å²) < 4.78 is 0. The molecule has 1 aliphatic heterocycles. The molecule has 2 fully saturated rings. The number of likely N-dealkylation sites (tertiary alicyclic amines) is 1. The summed E-state index contributed by atoms with van der Waals surface area (Å²) in [6.07, 6.45) is 9.59. The second-order valence-electron chi connectivity index (χ2n) is 7.71. The molecule has 1 saturated heterocycles. The van der Waals surface area contributed by atoms with E-state index in [2.05, 4.69) is 25.7 Å². The van der Waals surface area contributed by atoms with Gasteiger partial charge in [-0.15, -0.1) is 0 Å². The predicted molar refractivity (Wildman–Crippen MR) is 76.7 cm³/mol. The number of aliphatic hydroxyl groups is 1. The minimum atomic E-state index is 0.287. The maximum atomic E-state index is 9.29. The summed E-state index contributed by atoms with van der Waals surface area (Å²) in [4.78, 5) is 2.64. The molecule has 1 saturated carbocycles. The third kappa shape index (κ3) is 3.08. The summed E-state index contributed by atoms with van der Waals surface area (Å²) in [7, 11) is 0. The molecule has 1 atom stereocenters. The van der Waals surface area contributed by atoms with Gasteiger partial charge in [0.15, 0.2) is 0 Å². The first-order valence-electron chi connectivity index (χ1n) is 7.82. The lowest BCUT2D eigenvalue weighted by Gasteiger charge is -2.56. The average Bonchev–Trinajstić information content (AvgIpc) is 2.47. The summed E-state index contributed by atoms with van der Waals surface area (Å²) in [5, 5.41) is 9.29. The predicted octanol–water partition coefficient (Wildman–Crippen LogP) is 3.44. The molecule has 0 bridgehead atoms. The molecule has 1 N–H and O–H groups in total. The Kier molecular flexibility index (Phi) is 4.38. The van der Waals surface area contributed by atoms with Gasteiger partial charge < -0.3 is 5.11 Å². The van der Waals surface area contributed by atoms with Crippen LogP contribution in [0.1, 0.15) is 65.7 Å². The molecule has 2 aliphatic rings. The van der Waals surface area contributed by atoms with Crippen LogP contribution in [0.5, 0.6) is 0 Å². The lowest BCUT2D eigenvalue weighted by atomic mass is 9.70. The summed E-state index contributed by atoms with van der Waals surface area (Å²) in [6, 6.07) is 0.552. The number of aliphatic hydroxyl groups excluding tert-OH is 1. The van der Waals surface area contributed by atoms with Crippen LogP contribution in [0.15, 0.2) is 0 Å². The van der Waals surface area contributed by atoms with Crippen LogP contribution in [0, 0.1) is 10.8 Å². The molecule has 2 rings (SSSR count). The number of hydrogen-bond donors (Lipinski definition) is 1.